The quantitative estimate of drug-likeness (QED) is 0.757. The molecule has 154 valence electrons. The van der Waals surface area contributed by atoms with Gasteiger partial charge in [0.1, 0.15) is 11.7 Å². The van der Waals surface area contributed by atoms with E-state index < -0.39 is 29.6 Å². The van der Waals surface area contributed by atoms with Crippen LogP contribution in [0.25, 0.3) is 0 Å². The summed E-state index contributed by atoms with van der Waals surface area (Å²) >= 11 is 0. The maximum atomic E-state index is 12.3. The Morgan fingerprint density at radius 2 is 1.82 bits per heavy atom. The van der Waals surface area contributed by atoms with Crippen molar-refractivity contribution >= 4 is 6.09 Å². The lowest BCUT2D eigenvalue weighted by Crippen LogP contribution is -2.49. The number of carbonyl (C=O) groups excluding carboxylic acids is 1. The van der Waals surface area contributed by atoms with E-state index in [4.69, 9.17) is 14.2 Å². The van der Waals surface area contributed by atoms with Crippen LogP contribution in [0.4, 0.5) is 4.79 Å². The van der Waals surface area contributed by atoms with Gasteiger partial charge in [-0.25, -0.2) is 4.79 Å². The van der Waals surface area contributed by atoms with E-state index in [1.54, 1.807) is 26.8 Å². The Morgan fingerprint density at radius 1 is 1.21 bits per heavy atom. The van der Waals surface area contributed by atoms with Gasteiger partial charge in [-0.15, -0.1) is 0 Å². The van der Waals surface area contributed by atoms with Crippen molar-refractivity contribution in [3.63, 3.8) is 0 Å². The lowest BCUT2D eigenvalue weighted by molar-refractivity contribution is -0.233. The Kier molecular flexibility index (Phi) is 5.58. The first-order valence-electron chi connectivity index (χ1n) is 9.72. The van der Waals surface area contributed by atoms with Gasteiger partial charge in [0, 0.05) is 11.0 Å². The summed E-state index contributed by atoms with van der Waals surface area (Å²) in [7, 11) is 0. The summed E-state index contributed by atoms with van der Waals surface area (Å²) in [5.74, 6) is -0.931. The van der Waals surface area contributed by atoms with E-state index in [9.17, 15) is 9.90 Å². The Bertz CT molecular complexity index is 725. The third kappa shape index (κ3) is 5.13. The molecule has 1 aliphatic carbocycles. The molecule has 2 aliphatic rings. The predicted molar refractivity (Wildman–Crippen MR) is 106 cm³/mol. The number of rotatable bonds is 5. The summed E-state index contributed by atoms with van der Waals surface area (Å²) in [6.07, 6.45) is 0.755. The molecular formula is C22H31NO5. The summed E-state index contributed by atoms with van der Waals surface area (Å²) in [4.78, 5) is 12.3. The summed E-state index contributed by atoms with van der Waals surface area (Å²) in [6, 6.07) is 9.15. The number of aliphatic hydroxyl groups is 1. The van der Waals surface area contributed by atoms with Crippen molar-refractivity contribution in [3.05, 3.63) is 47.5 Å². The van der Waals surface area contributed by atoms with Gasteiger partial charge in [-0.3, -0.25) is 0 Å². The lowest BCUT2D eigenvalue weighted by Gasteiger charge is -2.37. The van der Waals surface area contributed by atoms with Crippen LogP contribution in [0.15, 0.2) is 42.0 Å². The molecule has 0 aromatic heterocycles. The molecule has 28 heavy (non-hydrogen) atoms. The predicted octanol–water partition coefficient (Wildman–Crippen LogP) is 3.19. The molecule has 1 aliphatic heterocycles. The summed E-state index contributed by atoms with van der Waals surface area (Å²) in [5, 5.41) is 13.8. The first-order chi connectivity index (χ1) is 13.0. The molecule has 1 amide bonds. The van der Waals surface area contributed by atoms with Gasteiger partial charge in [-0.05, 0) is 38.8 Å². The zero-order valence-corrected chi connectivity index (χ0v) is 17.3. The van der Waals surface area contributed by atoms with Crippen molar-refractivity contribution in [2.75, 3.05) is 13.2 Å². The molecule has 6 nitrogen and oxygen atoms in total. The lowest BCUT2D eigenvalue weighted by atomic mass is 9.94. The maximum Gasteiger partial charge on any atom is 0.407 e. The normalized spacial score (nSPS) is 22.1. The van der Waals surface area contributed by atoms with Gasteiger partial charge in [0.15, 0.2) is 0 Å². The molecule has 6 heteroatoms. The zero-order valence-electron chi connectivity index (χ0n) is 17.3. The Balaban J connectivity index is 1.69. The second kappa shape index (κ2) is 7.50. The van der Waals surface area contributed by atoms with Crippen molar-refractivity contribution in [2.24, 2.45) is 5.41 Å². The second-order valence-electron chi connectivity index (χ2n) is 9.40. The monoisotopic (exact) mass is 389 g/mol. The molecule has 1 aromatic rings. The van der Waals surface area contributed by atoms with Gasteiger partial charge in [-0.1, -0.05) is 44.2 Å². The van der Waals surface area contributed by atoms with Crippen LogP contribution in [0.2, 0.25) is 0 Å². The molecule has 0 saturated carbocycles. The highest BCUT2D eigenvalue weighted by atomic mass is 16.7. The first-order valence-corrected chi connectivity index (χ1v) is 9.72. The fourth-order valence-electron chi connectivity index (χ4n) is 3.18. The van der Waals surface area contributed by atoms with Crippen LogP contribution >= 0.6 is 0 Å². The minimum atomic E-state index is -0.936. The number of alkyl carbamates (subject to hydrolysis) is 1. The smallest absolute Gasteiger partial charge is 0.407 e. The minimum absolute atomic E-state index is 0.0596. The SMILES string of the molecule is CC1(C)COC2(C=C2[C@H](O)[C@H](Cc2ccccc2)NC(=O)OC(C)(C)C)OC1. The highest BCUT2D eigenvalue weighted by molar-refractivity contribution is 5.68. The molecule has 2 atom stereocenters. The maximum absolute atomic E-state index is 12.3. The summed E-state index contributed by atoms with van der Waals surface area (Å²) in [5.41, 5.74) is 0.980. The molecule has 3 rings (SSSR count). The molecule has 0 unspecified atom stereocenters. The number of aliphatic hydroxyl groups excluding tert-OH is 1. The molecule has 0 radical (unpaired) electrons. The highest BCUT2D eigenvalue weighted by Gasteiger charge is 2.55. The number of amides is 1. The van der Waals surface area contributed by atoms with Crippen LogP contribution in [0.3, 0.4) is 0 Å². The molecule has 2 N–H and O–H groups in total. The van der Waals surface area contributed by atoms with E-state index in [0.717, 1.165) is 5.56 Å². The van der Waals surface area contributed by atoms with Crippen LogP contribution in [-0.2, 0) is 20.6 Å². The third-order valence-corrected chi connectivity index (χ3v) is 4.72. The summed E-state index contributed by atoms with van der Waals surface area (Å²) < 4.78 is 17.2. The number of carbonyl (C=O) groups is 1. The largest absolute Gasteiger partial charge is 0.444 e. The zero-order chi connectivity index (χ0) is 20.6. The molecular weight excluding hydrogens is 358 g/mol. The third-order valence-electron chi connectivity index (χ3n) is 4.72. The van der Waals surface area contributed by atoms with Crippen LogP contribution < -0.4 is 5.32 Å². The van der Waals surface area contributed by atoms with Gasteiger partial charge in [-0.2, -0.15) is 0 Å². The van der Waals surface area contributed by atoms with Gasteiger partial charge < -0.3 is 24.6 Å². The van der Waals surface area contributed by atoms with Crippen molar-refractivity contribution < 1.29 is 24.1 Å². The number of hydrogen-bond donors (Lipinski definition) is 2. The van der Waals surface area contributed by atoms with E-state index in [0.29, 0.717) is 25.2 Å². The van der Waals surface area contributed by atoms with Crippen molar-refractivity contribution in [1.82, 2.24) is 5.32 Å². The van der Waals surface area contributed by atoms with Crippen molar-refractivity contribution in [2.45, 2.75) is 64.6 Å². The first kappa shape index (κ1) is 20.8. The van der Waals surface area contributed by atoms with E-state index in [1.807, 2.05) is 30.3 Å². The standard InChI is InChI=1S/C22H31NO5/c1-20(2,3)28-19(25)23-17(11-15-9-7-6-8-10-15)18(24)16-12-22(16)26-13-21(4,5)14-27-22/h6-10,12,17-18,24H,11,13-14H2,1-5H3,(H,23,25)/t17-,18-/m0/s1. The van der Waals surface area contributed by atoms with Crippen LogP contribution in [0, 0.1) is 5.41 Å². The van der Waals surface area contributed by atoms with E-state index >= 15 is 0 Å². The van der Waals surface area contributed by atoms with E-state index in [-0.39, 0.29) is 5.41 Å². The van der Waals surface area contributed by atoms with Crippen LogP contribution in [-0.4, -0.2) is 47.9 Å². The topological polar surface area (TPSA) is 77.0 Å². The Labute approximate surface area is 166 Å². The minimum Gasteiger partial charge on any atom is -0.444 e. The average Bonchev–Trinajstić information content (AvgIpc) is 3.30. The molecule has 1 spiro atoms. The fraction of sp³-hybridized carbons (Fsp3) is 0.591. The van der Waals surface area contributed by atoms with Gasteiger partial charge >= 0.3 is 6.09 Å². The molecule has 1 heterocycles. The highest BCUT2D eigenvalue weighted by Crippen LogP contribution is 2.47. The van der Waals surface area contributed by atoms with Crippen LogP contribution in [0.5, 0.6) is 0 Å². The fourth-order valence-corrected chi connectivity index (χ4v) is 3.18. The van der Waals surface area contributed by atoms with Crippen LogP contribution in [0.1, 0.15) is 40.2 Å². The van der Waals surface area contributed by atoms with Gasteiger partial charge in [0.25, 0.3) is 0 Å². The average molecular weight is 389 g/mol. The Morgan fingerprint density at radius 3 is 2.39 bits per heavy atom. The number of hydrogen-bond acceptors (Lipinski definition) is 5. The molecule has 1 saturated heterocycles. The van der Waals surface area contributed by atoms with Gasteiger partial charge in [0.2, 0.25) is 5.79 Å². The second-order valence-corrected chi connectivity index (χ2v) is 9.40. The van der Waals surface area contributed by atoms with Gasteiger partial charge in [0.05, 0.1) is 19.3 Å². The van der Waals surface area contributed by atoms with Crippen molar-refractivity contribution in [3.8, 4) is 0 Å². The van der Waals surface area contributed by atoms with E-state index in [2.05, 4.69) is 19.2 Å². The molecule has 1 aromatic carbocycles. The molecule has 1 fully saturated rings. The number of nitrogens with one attached hydrogen (secondary N) is 1. The molecule has 0 bridgehead atoms. The van der Waals surface area contributed by atoms with E-state index in [1.165, 1.54) is 0 Å². The Hall–Kier alpha value is -1.89. The number of ether oxygens (including phenoxy) is 3. The summed E-state index contributed by atoms with van der Waals surface area (Å²) in [6.45, 7) is 10.6. The van der Waals surface area contributed by atoms with Crippen molar-refractivity contribution in [1.29, 1.82) is 0 Å². The number of benzene rings is 1.